The van der Waals surface area contributed by atoms with Gasteiger partial charge < -0.3 is 13.6 Å². The Bertz CT molecular complexity index is 3860. The van der Waals surface area contributed by atoms with E-state index in [0.29, 0.717) is 11.8 Å². The Labute approximate surface area is 402 Å². The first-order valence-corrected chi connectivity index (χ1v) is 24.3. The van der Waals surface area contributed by atoms with Gasteiger partial charge in [-0.3, -0.25) is 0 Å². The second kappa shape index (κ2) is 16.1. The average molecular weight is 887 g/mol. The van der Waals surface area contributed by atoms with Crippen LogP contribution in [0.3, 0.4) is 0 Å². The van der Waals surface area contributed by atoms with Crippen molar-refractivity contribution in [2.75, 3.05) is 0 Å². The highest BCUT2D eigenvalue weighted by Crippen LogP contribution is 2.42. The number of hydrogen-bond acceptors (Lipinski definition) is 1. The molecule has 330 valence electrons. The van der Waals surface area contributed by atoms with Gasteiger partial charge in [0.15, 0.2) is 0 Å². The van der Waals surface area contributed by atoms with E-state index in [-0.39, 0.29) is 0 Å². The van der Waals surface area contributed by atoms with Gasteiger partial charge in [0.25, 0.3) is 0 Å². The predicted octanol–water partition coefficient (Wildman–Crippen LogP) is 18.7. The second-order valence-electron chi connectivity index (χ2n) is 19.4. The zero-order valence-electron chi connectivity index (χ0n) is 39.2. The Kier molecular flexibility index (Phi) is 9.55. The molecule has 0 aliphatic heterocycles. The van der Waals surface area contributed by atoms with Crippen molar-refractivity contribution >= 4 is 65.6 Å². The smallest absolute Gasteiger partial charge is 0.135 e. The Morgan fingerprint density at radius 2 is 0.623 bits per heavy atom. The van der Waals surface area contributed by atoms with Crippen LogP contribution in [0.5, 0.6) is 0 Å². The average Bonchev–Trinajstić information content (AvgIpc) is 4.05. The van der Waals surface area contributed by atoms with Gasteiger partial charge in [-0.15, -0.1) is 0 Å². The molecule has 0 aliphatic carbocycles. The summed E-state index contributed by atoms with van der Waals surface area (Å²) < 4.78 is 11.5. The van der Waals surface area contributed by atoms with Crippen LogP contribution in [-0.2, 0) is 0 Å². The minimum atomic E-state index is 0.409. The Balaban J connectivity index is 0.956. The maximum atomic E-state index is 6.63. The molecular weight excluding hydrogens is 837 g/mol. The van der Waals surface area contributed by atoms with E-state index in [0.717, 1.165) is 33.3 Å². The normalized spacial score (nSPS) is 12.0. The number of nitrogens with zero attached hydrogens (tertiary/aromatic N) is 2. The van der Waals surface area contributed by atoms with Crippen LogP contribution in [-0.4, -0.2) is 9.13 Å². The van der Waals surface area contributed by atoms with E-state index < -0.39 is 0 Å². The molecule has 10 aromatic carbocycles. The highest BCUT2D eigenvalue weighted by atomic mass is 16.3. The Hall–Kier alpha value is -8.40. The summed E-state index contributed by atoms with van der Waals surface area (Å²) >= 11 is 0. The lowest BCUT2D eigenvalue weighted by Gasteiger charge is -2.11. The largest absolute Gasteiger partial charge is 0.456 e. The first kappa shape index (κ1) is 40.8. The second-order valence-corrected chi connectivity index (χ2v) is 19.4. The molecule has 3 nitrogen and oxygen atoms in total. The van der Waals surface area contributed by atoms with Gasteiger partial charge in [0.2, 0.25) is 0 Å². The van der Waals surface area contributed by atoms with E-state index in [1.807, 2.05) is 0 Å². The molecule has 0 aliphatic rings. The van der Waals surface area contributed by atoms with Gasteiger partial charge in [-0.1, -0.05) is 149 Å². The number of fused-ring (bicyclic) bond motifs is 9. The van der Waals surface area contributed by atoms with E-state index in [1.54, 1.807) is 0 Å². The summed E-state index contributed by atoms with van der Waals surface area (Å²) in [5.41, 5.74) is 21.1. The molecule has 13 rings (SSSR count). The summed E-state index contributed by atoms with van der Waals surface area (Å²) in [6.07, 6.45) is 0. The van der Waals surface area contributed by atoms with Crippen molar-refractivity contribution in [1.29, 1.82) is 0 Å². The fourth-order valence-electron chi connectivity index (χ4n) is 10.8. The molecule has 0 spiro atoms. The fraction of sp³-hybridized carbons (Fsp3) is 0.0909. The van der Waals surface area contributed by atoms with Gasteiger partial charge in [-0.05, 0) is 165 Å². The summed E-state index contributed by atoms with van der Waals surface area (Å²) in [4.78, 5) is 0. The molecule has 0 atom stereocenters. The minimum Gasteiger partial charge on any atom is -0.456 e. The summed E-state index contributed by atoms with van der Waals surface area (Å²) in [5, 5.41) is 7.19. The van der Waals surface area contributed by atoms with Crippen LogP contribution >= 0.6 is 0 Å². The summed E-state index contributed by atoms with van der Waals surface area (Å²) in [6, 6.07) is 80.5. The Morgan fingerprint density at radius 1 is 0.275 bits per heavy atom. The lowest BCUT2D eigenvalue weighted by molar-refractivity contribution is 0.669. The van der Waals surface area contributed by atoms with Gasteiger partial charge in [-0.2, -0.15) is 0 Å². The standard InChI is InChI=1S/C66H50N2O/c1-41(2)45-21-27-61-55(35-45)57-37-51(49-19-11-17-47(33-49)43-13-7-5-8-14-43)23-29-63(57)67(61)53-25-31-65-59(39-53)60-40-54(26-32-66(60)69-65)68-62-28-22-46(42(3)4)36-56(62)58-38-52(24-30-64(58)68)50-20-12-18-48(34-50)44-15-9-6-10-16-44/h5-42H,1-4H3. The topological polar surface area (TPSA) is 23.0 Å². The van der Waals surface area contributed by atoms with Crippen LogP contribution in [0, 0.1) is 0 Å². The molecule has 13 aromatic rings. The molecule has 0 amide bonds. The predicted molar refractivity (Wildman–Crippen MR) is 292 cm³/mol. The van der Waals surface area contributed by atoms with Crippen LogP contribution in [0.1, 0.15) is 50.7 Å². The molecule has 3 aromatic heterocycles. The molecule has 69 heavy (non-hydrogen) atoms. The zero-order chi connectivity index (χ0) is 46.3. The van der Waals surface area contributed by atoms with Crippen LogP contribution in [0.4, 0.5) is 0 Å². The van der Waals surface area contributed by atoms with Crippen molar-refractivity contribution in [1.82, 2.24) is 9.13 Å². The van der Waals surface area contributed by atoms with Gasteiger partial charge in [0.05, 0.1) is 22.1 Å². The molecule has 0 unspecified atom stereocenters. The molecule has 3 heteroatoms. The van der Waals surface area contributed by atoms with E-state index in [4.69, 9.17) is 4.42 Å². The summed E-state index contributed by atoms with van der Waals surface area (Å²) in [5.74, 6) is 0.819. The van der Waals surface area contributed by atoms with E-state index >= 15 is 0 Å². The van der Waals surface area contributed by atoms with Crippen LogP contribution in [0.25, 0.3) is 121 Å². The van der Waals surface area contributed by atoms with E-state index in [2.05, 4.69) is 255 Å². The van der Waals surface area contributed by atoms with Crippen molar-refractivity contribution in [2.45, 2.75) is 39.5 Å². The van der Waals surface area contributed by atoms with E-state index in [9.17, 15) is 0 Å². The van der Waals surface area contributed by atoms with Crippen molar-refractivity contribution in [3.63, 3.8) is 0 Å². The monoisotopic (exact) mass is 886 g/mol. The van der Waals surface area contributed by atoms with Gasteiger partial charge >= 0.3 is 0 Å². The number of rotatable bonds is 8. The molecular formula is C66H50N2O. The highest BCUT2D eigenvalue weighted by molar-refractivity contribution is 6.14. The van der Waals surface area contributed by atoms with Crippen LogP contribution < -0.4 is 0 Å². The number of hydrogen-bond donors (Lipinski definition) is 0. The lowest BCUT2D eigenvalue weighted by Crippen LogP contribution is -1.95. The summed E-state index contributed by atoms with van der Waals surface area (Å²) in [7, 11) is 0. The van der Waals surface area contributed by atoms with Crippen molar-refractivity contribution in [3.8, 4) is 55.9 Å². The molecule has 0 N–H and O–H groups in total. The third kappa shape index (κ3) is 6.87. The first-order valence-electron chi connectivity index (χ1n) is 24.3. The SMILES string of the molecule is CC(C)c1ccc2c(c1)c1cc(-c3cccc(-c4ccccc4)c3)ccc1n2-c1ccc2oc3ccc(-n4c5ccc(-c6cccc(-c7ccccc7)c6)cc5c5cc(C(C)C)ccc54)cc3c2c1. The third-order valence-corrected chi connectivity index (χ3v) is 14.5. The summed E-state index contributed by atoms with van der Waals surface area (Å²) in [6.45, 7) is 9.11. The number of furan rings is 1. The number of aromatic nitrogens is 2. The maximum absolute atomic E-state index is 6.63. The molecule has 0 bridgehead atoms. The molecule has 0 fully saturated rings. The van der Waals surface area contributed by atoms with Gasteiger partial charge in [-0.25, -0.2) is 0 Å². The third-order valence-electron chi connectivity index (χ3n) is 14.5. The van der Waals surface area contributed by atoms with Gasteiger partial charge in [0.1, 0.15) is 11.2 Å². The molecule has 0 saturated heterocycles. The van der Waals surface area contributed by atoms with Crippen molar-refractivity contribution in [3.05, 3.63) is 230 Å². The zero-order valence-corrected chi connectivity index (χ0v) is 39.2. The highest BCUT2D eigenvalue weighted by Gasteiger charge is 2.20. The van der Waals surface area contributed by atoms with Crippen molar-refractivity contribution in [2.24, 2.45) is 0 Å². The van der Waals surface area contributed by atoms with Gasteiger partial charge in [0, 0.05) is 43.7 Å². The first-order chi connectivity index (χ1) is 33.8. The quantitative estimate of drug-likeness (QED) is 0.149. The Morgan fingerprint density at radius 3 is 1.03 bits per heavy atom. The van der Waals surface area contributed by atoms with Crippen LogP contribution in [0.15, 0.2) is 223 Å². The lowest BCUT2D eigenvalue weighted by atomic mass is 9.97. The van der Waals surface area contributed by atoms with E-state index in [1.165, 1.54) is 99.2 Å². The fourth-order valence-corrected chi connectivity index (χ4v) is 10.8. The number of benzene rings is 10. The molecule has 0 saturated carbocycles. The minimum absolute atomic E-state index is 0.409. The van der Waals surface area contributed by atoms with Crippen molar-refractivity contribution < 1.29 is 4.42 Å². The maximum Gasteiger partial charge on any atom is 0.135 e. The molecule has 0 radical (unpaired) electrons. The molecule has 3 heterocycles. The van der Waals surface area contributed by atoms with Crippen LogP contribution in [0.2, 0.25) is 0 Å².